The van der Waals surface area contributed by atoms with E-state index in [9.17, 15) is 4.79 Å². The van der Waals surface area contributed by atoms with Crippen molar-refractivity contribution in [3.63, 3.8) is 0 Å². The third-order valence-electron chi connectivity index (χ3n) is 4.38. The fraction of sp³-hybridized carbons (Fsp3) is 0.562. The zero-order chi connectivity index (χ0) is 16.2. The van der Waals surface area contributed by atoms with Crippen LogP contribution < -0.4 is 11.1 Å². The summed E-state index contributed by atoms with van der Waals surface area (Å²) in [5.41, 5.74) is 6.91. The molecule has 1 aliphatic rings. The van der Waals surface area contributed by atoms with Crippen LogP contribution in [0.15, 0.2) is 18.2 Å². The molecule has 0 radical (unpaired) electrons. The second-order valence-electron chi connectivity index (χ2n) is 5.86. The second kappa shape index (κ2) is 9.38. The summed E-state index contributed by atoms with van der Waals surface area (Å²) in [5, 5.41) is 4.31. The Balaban J connectivity index is 0.00000264. The lowest BCUT2D eigenvalue weighted by Crippen LogP contribution is -2.49. The first kappa shape index (κ1) is 20.9. The van der Waals surface area contributed by atoms with Crippen molar-refractivity contribution in [2.45, 2.75) is 37.1 Å². The van der Waals surface area contributed by atoms with Gasteiger partial charge in [0.25, 0.3) is 0 Å². The van der Waals surface area contributed by atoms with E-state index in [1.807, 2.05) is 18.4 Å². The molecule has 2 rings (SSSR count). The average molecular weight is 398 g/mol. The molecule has 1 aromatic rings. The van der Waals surface area contributed by atoms with Crippen LogP contribution in [0.2, 0.25) is 10.0 Å². The van der Waals surface area contributed by atoms with E-state index in [2.05, 4.69) is 5.32 Å². The highest BCUT2D eigenvalue weighted by molar-refractivity contribution is 7.98. The van der Waals surface area contributed by atoms with Gasteiger partial charge in [-0.1, -0.05) is 35.7 Å². The molecule has 0 bridgehead atoms. The SMILES string of the molecule is CSCCC(N)C(=O)NCC1(c2ccc(Cl)cc2Cl)CCC1.Cl. The van der Waals surface area contributed by atoms with Gasteiger partial charge < -0.3 is 11.1 Å². The van der Waals surface area contributed by atoms with Crippen LogP contribution >= 0.6 is 47.4 Å². The number of hydrogen-bond donors (Lipinski definition) is 2. The topological polar surface area (TPSA) is 55.1 Å². The molecule has 0 spiro atoms. The molecule has 7 heteroatoms. The Kier molecular flexibility index (Phi) is 8.53. The van der Waals surface area contributed by atoms with E-state index in [0.29, 0.717) is 23.0 Å². The first-order valence-corrected chi connectivity index (χ1v) is 9.61. The Morgan fingerprint density at radius 2 is 2.13 bits per heavy atom. The molecule has 1 unspecified atom stereocenters. The Hall–Kier alpha value is -0.130. The number of halogens is 3. The van der Waals surface area contributed by atoms with Crippen LogP contribution in [0.4, 0.5) is 0 Å². The summed E-state index contributed by atoms with van der Waals surface area (Å²) in [7, 11) is 0. The van der Waals surface area contributed by atoms with Crippen LogP contribution in [-0.4, -0.2) is 30.5 Å². The molecular weight excluding hydrogens is 375 g/mol. The zero-order valence-corrected chi connectivity index (χ0v) is 16.3. The summed E-state index contributed by atoms with van der Waals surface area (Å²) >= 11 is 14.0. The van der Waals surface area contributed by atoms with Crippen LogP contribution in [-0.2, 0) is 10.2 Å². The van der Waals surface area contributed by atoms with Gasteiger partial charge in [0.1, 0.15) is 0 Å². The average Bonchev–Trinajstić information content (AvgIpc) is 2.44. The Bertz CT molecular complexity index is 538. The third-order valence-corrected chi connectivity index (χ3v) is 5.58. The number of hydrogen-bond acceptors (Lipinski definition) is 3. The molecule has 0 aromatic heterocycles. The molecule has 1 aromatic carbocycles. The highest BCUT2D eigenvalue weighted by Gasteiger charge is 2.40. The maximum absolute atomic E-state index is 12.1. The van der Waals surface area contributed by atoms with E-state index < -0.39 is 6.04 Å². The fourth-order valence-electron chi connectivity index (χ4n) is 2.83. The normalized spacial score (nSPS) is 16.9. The fourth-order valence-corrected chi connectivity index (χ4v) is 3.93. The number of carbonyl (C=O) groups excluding carboxylic acids is 1. The number of thioether (sulfide) groups is 1. The van der Waals surface area contributed by atoms with Crippen LogP contribution in [0.3, 0.4) is 0 Å². The minimum atomic E-state index is -0.440. The van der Waals surface area contributed by atoms with Crippen molar-refractivity contribution in [3.8, 4) is 0 Å². The van der Waals surface area contributed by atoms with E-state index in [4.69, 9.17) is 28.9 Å². The van der Waals surface area contributed by atoms with Crippen LogP contribution in [0, 0.1) is 0 Å². The maximum Gasteiger partial charge on any atom is 0.236 e. The van der Waals surface area contributed by atoms with Crippen molar-refractivity contribution in [2.75, 3.05) is 18.6 Å². The highest BCUT2D eigenvalue weighted by Crippen LogP contribution is 2.46. The summed E-state index contributed by atoms with van der Waals surface area (Å²) in [5.74, 6) is 0.813. The third kappa shape index (κ3) is 5.17. The standard InChI is InChI=1S/C16H22Cl2N2OS.ClH/c1-22-8-5-14(19)15(21)20-10-16(6-2-7-16)12-4-3-11(17)9-13(12)18;/h3-4,9,14H,2,5-8,10,19H2,1H3,(H,20,21);1H. The van der Waals surface area contributed by atoms with Gasteiger partial charge >= 0.3 is 0 Å². The van der Waals surface area contributed by atoms with E-state index in [1.165, 1.54) is 0 Å². The largest absolute Gasteiger partial charge is 0.354 e. The predicted octanol–water partition coefficient (Wildman–Crippen LogP) is 4.03. The van der Waals surface area contributed by atoms with Gasteiger partial charge in [-0.15, -0.1) is 12.4 Å². The lowest BCUT2D eigenvalue weighted by atomic mass is 9.64. The van der Waals surface area contributed by atoms with Gasteiger partial charge in [-0.25, -0.2) is 0 Å². The molecule has 0 aliphatic heterocycles. The van der Waals surface area contributed by atoms with Crippen molar-refractivity contribution in [1.29, 1.82) is 0 Å². The maximum atomic E-state index is 12.1. The van der Waals surface area contributed by atoms with Gasteiger partial charge in [-0.05, 0) is 49.0 Å². The molecule has 1 saturated carbocycles. The molecular formula is C16H23Cl3N2OS. The minimum absolute atomic E-state index is 0. The summed E-state index contributed by atoms with van der Waals surface area (Å²) < 4.78 is 0. The van der Waals surface area contributed by atoms with Gasteiger partial charge in [0.05, 0.1) is 6.04 Å². The Labute approximate surface area is 158 Å². The minimum Gasteiger partial charge on any atom is -0.354 e. The zero-order valence-electron chi connectivity index (χ0n) is 13.1. The number of rotatable bonds is 7. The lowest BCUT2D eigenvalue weighted by Gasteiger charge is -2.43. The first-order valence-electron chi connectivity index (χ1n) is 7.46. The Morgan fingerprint density at radius 1 is 1.43 bits per heavy atom. The van der Waals surface area contributed by atoms with E-state index in [1.54, 1.807) is 17.8 Å². The van der Waals surface area contributed by atoms with Gasteiger partial charge in [0.15, 0.2) is 0 Å². The molecule has 1 fully saturated rings. The molecule has 1 atom stereocenters. The smallest absolute Gasteiger partial charge is 0.236 e. The number of carbonyl (C=O) groups is 1. The van der Waals surface area contributed by atoms with Crippen molar-refractivity contribution in [1.82, 2.24) is 5.32 Å². The van der Waals surface area contributed by atoms with Gasteiger partial charge in [0.2, 0.25) is 5.91 Å². The molecule has 23 heavy (non-hydrogen) atoms. The second-order valence-corrected chi connectivity index (χ2v) is 7.69. The van der Waals surface area contributed by atoms with E-state index >= 15 is 0 Å². The molecule has 1 amide bonds. The first-order chi connectivity index (χ1) is 10.5. The number of amides is 1. The lowest BCUT2D eigenvalue weighted by molar-refractivity contribution is -0.122. The molecule has 3 N–H and O–H groups in total. The van der Waals surface area contributed by atoms with Crippen LogP contribution in [0.1, 0.15) is 31.2 Å². The summed E-state index contributed by atoms with van der Waals surface area (Å²) in [6.07, 6.45) is 5.90. The monoisotopic (exact) mass is 396 g/mol. The van der Waals surface area contributed by atoms with Crippen molar-refractivity contribution in [2.24, 2.45) is 5.73 Å². The summed E-state index contributed by atoms with van der Waals surface area (Å²) in [6.45, 7) is 0.583. The summed E-state index contributed by atoms with van der Waals surface area (Å²) in [4.78, 5) is 12.1. The predicted molar refractivity (Wildman–Crippen MR) is 103 cm³/mol. The number of nitrogens with two attached hydrogens (primary N) is 1. The van der Waals surface area contributed by atoms with Crippen molar-refractivity contribution < 1.29 is 4.79 Å². The van der Waals surface area contributed by atoms with Gasteiger partial charge in [0, 0.05) is 22.0 Å². The Morgan fingerprint density at radius 3 is 2.65 bits per heavy atom. The highest BCUT2D eigenvalue weighted by atomic mass is 35.5. The number of benzene rings is 1. The molecule has 0 heterocycles. The van der Waals surface area contributed by atoms with Gasteiger partial charge in [-0.2, -0.15) is 11.8 Å². The quantitative estimate of drug-likeness (QED) is 0.730. The van der Waals surface area contributed by atoms with E-state index in [0.717, 1.165) is 30.6 Å². The molecule has 1 aliphatic carbocycles. The van der Waals surface area contributed by atoms with E-state index in [-0.39, 0.29) is 23.7 Å². The van der Waals surface area contributed by atoms with Crippen molar-refractivity contribution in [3.05, 3.63) is 33.8 Å². The number of nitrogens with one attached hydrogen (secondary N) is 1. The van der Waals surface area contributed by atoms with Crippen LogP contribution in [0.25, 0.3) is 0 Å². The molecule has 3 nitrogen and oxygen atoms in total. The molecule has 130 valence electrons. The van der Waals surface area contributed by atoms with Crippen molar-refractivity contribution >= 4 is 53.3 Å². The van der Waals surface area contributed by atoms with Crippen LogP contribution in [0.5, 0.6) is 0 Å². The molecule has 0 saturated heterocycles. The van der Waals surface area contributed by atoms with Gasteiger partial charge in [-0.3, -0.25) is 4.79 Å². The summed E-state index contributed by atoms with van der Waals surface area (Å²) in [6, 6.07) is 5.16.